The normalized spacial score (nSPS) is 12.4. The summed E-state index contributed by atoms with van der Waals surface area (Å²) in [5.74, 6) is -0.276. The lowest BCUT2D eigenvalue weighted by Crippen LogP contribution is -2.20. The van der Waals surface area contributed by atoms with Crippen LogP contribution in [0.4, 0.5) is 4.39 Å². The highest BCUT2D eigenvalue weighted by Gasteiger charge is 2.12. The summed E-state index contributed by atoms with van der Waals surface area (Å²) in [6.45, 7) is 2.24. The van der Waals surface area contributed by atoms with Crippen LogP contribution < -0.4 is 4.74 Å². The molecule has 0 N–H and O–H groups in total. The molecule has 0 amide bonds. The Morgan fingerprint density at radius 3 is 3.00 bits per heavy atom. The van der Waals surface area contributed by atoms with Gasteiger partial charge in [-0.05, 0) is 47.7 Å². The summed E-state index contributed by atoms with van der Waals surface area (Å²) in [5.41, 5.74) is 2.20. The molecule has 25 heavy (non-hydrogen) atoms. The summed E-state index contributed by atoms with van der Waals surface area (Å²) >= 11 is 0. The lowest BCUT2D eigenvalue weighted by Gasteiger charge is -2.15. The van der Waals surface area contributed by atoms with E-state index in [-0.39, 0.29) is 11.9 Å². The molecule has 0 spiro atoms. The number of hydrogen-bond donors (Lipinski definition) is 0. The van der Waals surface area contributed by atoms with Crippen molar-refractivity contribution in [3.63, 3.8) is 0 Å². The standard InChI is InChI=1S/C16H14FN7O/c1-11(9-23-10-19-21-22-23)25-15-8-12(2-3-13(15)17)14-4-5-16-18-6-7-24(16)20-14/h2-8,10-11H,9H2,1H3. The quantitative estimate of drug-likeness (QED) is 0.553. The van der Waals surface area contributed by atoms with Crippen LogP contribution in [0.2, 0.25) is 0 Å². The molecule has 1 aromatic carbocycles. The molecular formula is C16H14FN7O. The van der Waals surface area contributed by atoms with E-state index in [0.717, 1.165) is 11.2 Å². The third-order valence-electron chi connectivity index (χ3n) is 3.65. The fourth-order valence-electron chi connectivity index (χ4n) is 2.50. The Morgan fingerprint density at radius 2 is 2.16 bits per heavy atom. The maximum absolute atomic E-state index is 14.1. The van der Waals surface area contributed by atoms with Crippen molar-refractivity contribution in [3.8, 4) is 17.0 Å². The Balaban J connectivity index is 1.59. The molecule has 0 saturated carbocycles. The summed E-state index contributed by atoms with van der Waals surface area (Å²) in [7, 11) is 0. The predicted molar refractivity (Wildman–Crippen MR) is 86.3 cm³/mol. The van der Waals surface area contributed by atoms with E-state index in [1.54, 1.807) is 29.0 Å². The SMILES string of the molecule is CC(Cn1cnnn1)Oc1cc(-c2ccc3nccn3n2)ccc1F. The van der Waals surface area contributed by atoms with Crippen molar-refractivity contribution < 1.29 is 9.13 Å². The van der Waals surface area contributed by atoms with Crippen molar-refractivity contribution in [2.24, 2.45) is 0 Å². The van der Waals surface area contributed by atoms with Crippen LogP contribution in [0.3, 0.4) is 0 Å². The highest BCUT2D eigenvalue weighted by molar-refractivity contribution is 5.62. The molecule has 0 aliphatic heterocycles. The van der Waals surface area contributed by atoms with Crippen molar-refractivity contribution in [2.45, 2.75) is 19.6 Å². The maximum Gasteiger partial charge on any atom is 0.165 e. The van der Waals surface area contributed by atoms with Crippen LogP contribution in [0.1, 0.15) is 6.92 Å². The lowest BCUT2D eigenvalue weighted by molar-refractivity contribution is 0.185. The summed E-state index contributed by atoms with van der Waals surface area (Å²) in [6, 6.07) is 8.36. The van der Waals surface area contributed by atoms with Crippen LogP contribution in [0.15, 0.2) is 49.1 Å². The van der Waals surface area contributed by atoms with Gasteiger partial charge in [-0.3, -0.25) is 0 Å². The Kier molecular flexibility index (Phi) is 3.81. The summed E-state index contributed by atoms with van der Waals surface area (Å²) < 4.78 is 23.0. The first-order valence-corrected chi connectivity index (χ1v) is 7.67. The topological polar surface area (TPSA) is 83.0 Å². The molecule has 8 nitrogen and oxygen atoms in total. The minimum Gasteiger partial charge on any atom is -0.486 e. The van der Waals surface area contributed by atoms with Gasteiger partial charge in [0.2, 0.25) is 0 Å². The Hall–Kier alpha value is -3.36. The molecule has 3 aromatic heterocycles. The zero-order valence-electron chi connectivity index (χ0n) is 13.3. The fourth-order valence-corrected chi connectivity index (χ4v) is 2.50. The number of nitrogens with zero attached hydrogens (tertiary/aromatic N) is 7. The molecule has 0 radical (unpaired) electrons. The maximum atomic E-state index is 14.1. The van der Waals surface area contributed by atoms with Crippen LogP contribution in [-0.4, -0.2) is 40.9 Å². The molecule has 1 atom stereocenters. The number of fused-ring (bicyclic) bond motifs is 1. The van der Waals surface area contributed by atoms with Gasteiger partial charge in [0, 0.05) is 18.0 Å². The van der Waals surface area contributed by atoms with E-state index in [2.05, 4.69) is 25.6 Å². The van der Waals surface area contributed by atoms with Crippen molar-refractivity contribution in [1.29, 1.82) is 0 Å². The van der Waals surface area contributed by atoms with Crippen molar-refractivity contribution >= 4 is 5.65 Å². The highest BCUT2D eigenvalue weighted by atomic mass is 19.1. The minimum atomic E-state index is -0.434. The van der Waals surface area contributed by atoms with Crippen LogP contribution in [0.5, 0.6) is 5.75 Å². The first kappa shape index (κ1) is 15.2. The second kappa shape index (κ2) is 6.27. The number of benzene rings is 1. The van der Waals surface area contributed by atoms with E-state index in [9.17, 15) is 4.39 Å². The Labute approximate surface area is 141 Å². The molecule has 9 heteroatoms. The molecule has 0 saturated heterocycles. The number of aromatic nitrogens is 7. The molecule has 0 aliphatic rings. The molecule has 0 fully saturated rings. The van der Waals surface area contributed by atoms with E-state index in [1.807, 2.05) is 19.1 Å². The lowest BCUT2D eigenvalue weighted by atomic mass is 10.1. The van der Waals surface area contributed by atoms with Crippen molar-refractivity contribution in [3.05, 3.63) is 54.9 Å². The molecule has 4 rings (SSSR count). The van der Waals surface area contributed by atoms with Crippen molar-refractivity contribution in [2.75, 3.05) is 0 Å². The number of halogens is 1. The molecule has 3 heterocycles. The predicted octanol–water partition coefficient (Wildman–Crippen LogP) is 1.99. The van der Waals surface area contributed by atoms with Crippen LogP contribution in [-0.2, 0) is 6.54 Å². The van der Waals surface area contributed by atoms with Crippen LogP contribution >= 0.6 is 0 Å². The number of imidazole rings is 1. The monoisotopic (exact) mass is 339 g/mol. The first-order chi connectivity index (χ1) is 12.2. The molecule has 4 aromatic rings. The van der Waals surface area contributed by atoms with E-state index in [4.69, 9.17) is 4.74 Å². The smallest absolute Gasteiger partial charge is 0.165 e. The van der Waals surface area contributed by atoms with Gasteiger partial charge in [-0.25, -0.2) is 18.6 Å². The van der Waals surface area contributed by atoms with Gasteiger partial charge in [0.15, 0.2) is 17.2 Å². The third kappa shape index (κ3) is 3.16. The number of hydrogen-bond acceptors (Lipinski definition) is 6. The summed E-state index contributed by atoms with van der Waals surface area (Å²) in [4.78, 5) is 4.16. The van der Waals surface area contributed by atoms with Gasteiger partial charge < -0.3 is 4.74 Å². The van der Waals surface area contributed by atoms with Gasteiger partial charge in [-0.2, -0.15) is 5.10 Å². The number of rotatable bonds is 5. The molecular weight excluding hydrogens is 325 g/mol. The van der Waals surface area contributed by atoms with Gasteiger partial charge in [0.05, 0.1) is 12.2 Å². The van der Waals surface area contributed by atoms with Crippen LogP contribution in [0.25, 0.3) is 16.9 Å². The minimum absolute atomic E-state index is 0.158. The van der Waals surface area contributed by atoms with E-state index < -0.39 is 5.82 Å². The van der Waals surface area contributed by atoms with E-state index >= 15 is 0 Å². The molecule has 126 valence electrons. The number of ether oxygens (including phenoxy) is 1. The second-order valence-corrected chi connectivity index (χ2v) is 5.55. The fraction of sp³-hybridized carbons (Fsp3) is 0.188. The highest BCUT2D eigenvalue weighted by Crippen LogP contribution is 2.26. The summed E-state index contributed by atoms with van der Waals surface area (Å²) in [5, 5.41) is 15.4. The number of tetrazole rings is 1. The van der Waals surface area contributed by atoms with Gasteiger partial charge >= 0.3 is 0 Å². The van der Waals surface area contributed by atoms with E-state index in [1.165, 1.54) is 17.1 Å². The first-order valence-electron chi connectivity index (χ1n) is 7.67. The van der Waals surface area contributed by atoms with E-state index in [0.29, 0.717) is 12.2 Å². The average molecular weight is 339 g/mol. The molecule has 1 unspecified atom stereocenters. The zero-order chi connectivity index (χ0) is 17.2. The average Bonchev–Trinajstić information content (AvgIpc) is 3.27. The Bertz CT molecular complexity index is 999. The van der Waals surface area contributed by atoms with Crippen molar-refractivity contribution in [1.82, 2.24) is 34.8 Å². The Morgan fingerprint density at radius 1 is 1.24 bits per heavy atom. The zero-order valence-corrected chi connectivity index (χ0v) is 13.3. The van der Waals surface area contributed by atoms with Gasteiger partial charge in [0.25, 0.3) is 0 Å². The van der Waals surface area contributed by atoms with Crippen LogP contribution in [0, 0.1) is 5.82 Å². The second-order valence-electron chi connectivity index (χ2n) is 5.55. The molecule has 0 aliphatic carbocycles. The van der Waals surface area contributed by atoms with Gasteiger partial charge in [-0.1, -0.05) is 0 Å². The molecule has 0 bridgehead atoms. The summed E-state index contributed by atoms with van der Waals surface area (Å²) in [6.07, 6.45) is 4.61. The van der Waals surface area contributed by atoms with Gasteiger partial charge in [-0.15, -0.1) is 5.10 Å². The largest absolute Gasteiger partial charge is 0.486 e. The van der Waals surface area contributed by atoms with Gasteiger partial charge in [0.1, 0.15) is 12.4 Å². The third-order valence-corrected chi connectivity index (χ3v) is 3.65.